The van der Waals surface area contributed by atoms with Gasteiger partial charge in [-0.25, -0.2) is 0 Å². The Morgan fingerprint density at radius 1 is 1.60 bits per heavy atom. The average Bonchev–Trinajstić information content (AvgIpc) is 1.95. The number of hydrogen-bond donors (Lipinski definition) is 1. The second-order valence-corrected chi connectivity index (χ2v) is 2.00. The third-order valence-corrected chi connectivity index (χ3v) is 1.38. The van der Waals surface area contributed by atoms with Crippen molar-refractivity contribution in [3.05, 3.63) is 28.2 Å². The zero-order valence-corrected chi connectivity index (χ0v) is 5.97. The second-order valence-electron chi connectivity index (χ2n) is 2.00. The number of rotatable bonds is 1. The van der Waals surface area contributed by atoms with Crippen LogP contribution in [0.3, 0.4) is 0 Å². The van der Waals surface area contributed by atoms with Crippen LogP contribution in [0.5, 0.6) is 5.75 Å². The largest absolute Gasteiger partial charge is 0.496 e. The third-order valence-electron chi connectivity index (χ3n) is 1.38. The van der Waals surface area contributed by atoms with E-state index in [0.717, 1.165) is 0 Å². The first-order chi connectivity index (χ1) is 4.75. The molecule has 1 heterocycles. The van der Waals surface area contributed by atoms with Gasteiger partial charge in [0.1, 0.15) is 5.75 Å². The van der Waals surface area contributed by atoms with Crippen LogP contribution in [0.1, 0.15) is 5.56 Å². The number of aromatic amines is 1. The van der Waals surface area contributed by atoms with E-state index in [2.05, 4.69) is 4.98 Å². The fraction of sp³-hybridized carbons (Fsp3) is 0.286. The predicted molar refractivity (Wildman–Crippen MR) is 38.4 cm³/mol. The summed E-state index contributed by atoms with van der Waals surface area (Å²) in [4.78, 5) is 13.4. The van der Waals surface area contributed by atoms with Crippen LogP contribution < -0.4 is 10.3 Å². The molecule has 0 aliphatic heterocycles. The van der Waals surface area contributed by atoms with Gasteiger partial charge in [-0.3, -0.25) is 4.79 Å². The first kappa shape index (κ1) is 6.86. The highest BCUT2D eigenvalue weighted by atomic mass is 16.5. The Bertz CT molecular complexity index is 277. The second kappa shape index (κ2) is 2.56. The molecule has 0 aromatic carbocycles. The molecule has 0 saturated carbocycles. The molecule has 54 valence electrons. The predicted octanol–water partition coefficient (Wildman–Crippen LogP) is 0.692. The lowest BCUT2D eigenvalue weighted by atomic mass is 10.3. The topological polar surface area (TPSA) is 42.1 Å². The van der Waals surface area contributed by atoms with E-state index < -0.39 is 0 Å². The smallest absolute Gasteiger partial charge is 0.254 e. The lowest BCUT2D eigenvalue weighted by molar-refractivity contribution is 0.410. The lowest BCUT2D eigenvalue weighted by Gasteiger charge is -2.00. The number of hydrogen-bond acceptors (Lipinski definition) is 2. The molecule has 3 heteroatoms. The van der Waals surface area contributed by atoms with Crippen LogP contribution in [0.2, 0.25) is 0 Å². The van der Waals surface area contributed by atoms with Crippen molar-refractivity contribution in [1.29, 1.82) is 0 Å². The zero-order valence-electron chi connectivity index (χ0n) is 5.97. The SMILES string of the molecule is COc1cc[nH]c(=O)c1C. The zero-order chi connectivity index (χ0) is 7.56. The van der Waals surface area contributed by atoms with Gasteiger partial charge in [-0.1, -0.05) is 0 Å². The molecule has 1 aromatic heterocycles. The Kier molecular flexibility index (Phi) is 1.76. The molecular formula is C7H9NO2. The molecule has 0 saturated heterocycles. The minimum absolute atomic E-state index is 0.0978. The number of ether oxygens (including phenoxy) is 1. The molecule has 0 amide bonds. The molecule has 0 aliphatic carbocycles. The normalized spacial score (nSPS) is 9.40. The van der Waals surface area contributed by atoms with Crippen LogP contribution in [0.15, 0.2) is 17.1 Å². The molecule has 0 unspecified atom stereocenters. The minimum atomic E-state index is -0.0978. The molecule has 0 aliphatic rings. The number of pyridine rings is 1. The van der Waals surface area contributed by atoms with Crippen LogP contribution in [-0.4, -0.2) is 12.1 Å². The summed E-state index contributed by atoms with van der Waals surface area (Å²) < 4.78 is 4.91. The van der Waals surface area contributed by atoms with Gasteiger partial charge in [0.25, 0.3) is 5.56 Å². The van der Waals surface area contributed by atoms with E-state index in [0.29, 0.717) is 11.3 Å². The van der Waals surface area contributed by atoms with Crippen LogP contribution >= 0.6 is 0 Å². The first-order valence-electron chi connectivity index (χ1n) is 2.98. The standard InChI is InChI=1S/C7H9NO2/c1-5-6(10-2)3-4-8-7(5)9/h3-4H,1-2H3,(H,8,9). The average molecular weight is 139 g/mol. The Balaban J connectivity index is 3.28. The third kappa shape index (κ3) is 1.03. The highest BCUT2D eigenvalue weighted by molar-refractivity contribution is 5.28. The fourth-order valence-corrected chi connectivity index (χ4v) is 0.759. The monoisotopic (exact) mass is 139 g/mol. The van der Waals surface area contributed by atoms with Gasteiger partial charge in [0.2, 0.25) is 0 Å². The van der Waals surface area contributed by atoms with Crippen molar-refractivity contribution in [2.24, 2.45) is 0 Å². The quantitative estimate of drug-likeness (QED) is 0.622. The summed E-state index contributed by atoms with van der Waals surface area (Å²) in [6, 6.07) is 1.72. The van der Waals surface area contributed by atoms with E-state index >= 15 is 0 Å². The molecule has 1 aromatic rings. The highest BCUT2D eigenvalue weighted by Gasteiger charge is 1.98. The maximum Gasteiger partial charge on any atom is 0.254 e. The summed E-state index contributed by atoms with van der Waals surface area (Å²) >= 11 is 0. The van der Waals surface area contributed by atoms with Crippen LogP contribution in [0.4, 0.5) is 0 Å². The van der Waals surface area contributed by atoms with Gasteiger partial charge >= 0.3 is 0 Å². The number of H-pyrrole nitrogens is 1. The maximum absolute atomic E-state index is 10.9. The number of methoxy groups -OCH3 is 1. The summed E-state index contributed by atoms with van der Waals surface area (Å²) in [5.41, 5.74) is 0.518. The van der Waals surface area contributed by atoms with E-state index in [-0.39, 0.29) is 5.56 Å². The van der Waals surface area contributed by atoms with Gasteiger partial charge < -0.3 is 9.72 Å². The molecule has 1 N–H and O–H groups in total. The Hall–Kier alpha value is -1.25. The van der Waals surface area contributed by atoms with E-state index in [4.69, 9.17) is 4.74 Å². The van der Waals surface area contributed by atoms with E-state index in [1.807, 2.05) is 0 Å². The summed E-state index contributed by atoms with van der Waals surface area (Å²) in [6.07, 6.45) is 1.56. The van der Waals surface area contributed by atoms with Crippen molar-refractivity contribution < 1.29 is 4.74 Å². The van der Waals surface area contributed by atoms with Crippen molar-refractivity contribution in [1.82, 2.24) is 4.98 Å². The maximum atomic E-state index is 10.9. The number of aromatic nitrogens is 1. The van der Waals surface area contributed by atoms with Gasteiger partial charge in [0, 0.05) is 6.20 Å². The minimum Gasteiger partial charge on any atom is -0.496 e. The summed E-state index contributed by atoms with van der Waals surface area (Å²) in [5, 5.41) is 0. The van der Waals surface area contributed by atoms with Crippen LogP contribution in [0.25, 0.3) is 0 Å². The lowest BCUT2D eigenvalue weighted by Crippen LogP contribution is -2.09. The van der Waals surface area contributed by atoms with Gasteiger partial charge in [-0.2, -0.15) is 0 Å². The molecule has 0 atom stereocenters. The summed E-state index contributed by atoms with van der Waals surface area (Å²) in [7, 11) is 1.54. The van der Waals surface area contributed by atoms with Crippen LogP contribution in [-0.2, 0) is 0 Å². The fourth-order valence-electron chi connectivity index (χ4n) is 0.759. The Morgan fingerprint density at radius 3 is 2.80 bits per heavy atom. The molecule has 3 nitrogen and oxygen atoms in total. The molecular weight excluding hydrogens is 130 g/mol. The van der Waals surface area contributed by atoms with Crippen LogP contribution in [0, 0.1) is 6.92 Å². The van der Waals surface area contributed by atoms with Crippen molar-refractivity contribution in [2.45, 2.75) is 6.92 Å². The van der Waals surface area contributed by atoms with Crippen molar-refractivity contribution in [3.63, 3.8) is 0 Å². The van der Waals surface area contributed by atoms with E-state index in [1.165, 1.54) is 0 Å². The van der Waals surface area contributed by atoms with Gasteiger partial charge in [0.05, 0.1) is 12.7 Å². The van der Waals surface area contributed by atoms with E-state index in [9.17, 15) is 4.79 Å². The van der Waals surface area contributed by atoms with Gasteiger partial charge in [0.15, 0.2) is 0 Å². The molecule has 0 spiro atoms. The van der Waals surface area contributed by atoms with E-state index in [1.54, 1.807) is 26.3 Å². The molecule has 10 heavy (non-hydrogen) atoms. The van der Waals surface area contributed by atoms with Crippen molar-refractivity contribution in [2.75, 3.05) is 7.11 Å². The van der Waals surface area contributed by atoms with Crippen molar-refractivity contribution >= 4 is 0 Å². The molecule has 0 radical (unpaired) electrons. The summed E-state index contributed by atoms with van der Waals surface area (Å²) in [6.45, 7) is 1.72. The van der Waals surface area contributed by atoms with Gasteiger partial charge in [-0.05, 0) is 13.0 Å². The molecule has 0 bridgehead atoms. The Labute approximate surface area is 58.7 Å². The highest BCUT2D eigenvalue weighted by Crippen LogP contribution is 2.09. The van der Waals surface area contributed by atoms with Crippen molar-refractivity contribution in [3.8, 4) is 5.75 Å². The molecule has 1 rings (SSSR count). The first-order valence-corrected chi connectivity index (χ1v) is 2.98. The number of nitrogens with one attached hydrogen (secondary N) is 1. The Morgan fingerprint density at radius 2 is 2.30 bits per heavy atom. The van der Waals surface area contributed by atoms with Gasteiger partial charge in [-0.15, -0.1) is 0 Å². The molecule has 0 fully saturated rings. The summed E-state index contributed by atoms with van der Waals surface area (Å²) in [5.74, 6) is 0.628.